The van der Waals surface area contributed by atoms with Gasteiger partial charge in [-0.25, -0.2) is 9.97 Å². The highest BCUT2D eigenvalue weighted by molar-refractivity contribution is 5.78. The molecular formula is C21H28N4O3. The smallest absolute Gasteiger partial charge is 0.260 e. The lowest BCUT2D eigenvalue weighted by Crippen LogP contribution is -2.50. The molecule has 1 aliphatic rings. The number of anilines is 1. The Balaban J connectivity index is 1.52. The fourth-order valence-electron chi connectivity index (χ4n) is 3.09. The van der Waals surface area contributed by atoms with Crippen LogP contribution in [0.3, 0.4) is 0 Å². The first kappa shape index (κ1) is 19.9. The summed E-state index contributed by atoms with van der Waals surface area (Å²) in [5.41, 5.74) is 0.972. The van der Waals surface area contributed by atoms with E-state index in [1.54, 1.807) is 19.2 Å². The zero-order valence-electron chi connectivity index (χ0n) is 17.0. The van der Waals surface area contributed by atoms with E-state index in [4.69, 9.17) is 14.5 Å². The first-order chi connectivity index (χ1) is 13.5. The van der Waals surface area contributed by atoms with Crippen LogP contribution in [0.5, 0.6) is 11.5 Å². The Kier molecular flexibility index (Phi) is 6.34. The van der Waals surface area contributed by atoms with E-state index in [0.717, 1.165) is 36.2 Å². The molecule has 1 aromatic heterocycles. The molecule has 1 amide bonds. The molecule has 2 aromatic rings. The van der Waals surface area contributed by atoms with Crippen molar-refractivity contribution in [3.05, 3.63) is 41.9 Å². The third-order valence-electron chi connectivity index (χ3n) is 4.75. The van der Waals surface area contributed by atoms with Gasteiger partial charge in [-0.15, -0.1) is 0 Å². The average Bonchev–Trinajstić information content (AvgIpc) is 2.72. The second-order valence-electron chi connectivity index (χ2n) is 7.21. The molecule has 1 aliphatic heterocycles. The summed E-state index contributed by atoms with van der Waals surface area (Å²) in [5, 5.41) is 0. The minimum atomic E-state index is -0.00259. The Bertz CT molecular complexity index is 800. The number of carbonyl (C=O) groups excluding carboxylic acids is 1. The van der Waals surface area contributed by atoms with Crippen molar-refractivity contribution in [2.75, 3.05) is 44.8 Å². The maximum atomic E-state index is 12.5. The molecule has 7 heteroatoms. The third-order valence-corrected chi connectivity index (χ3v) is 4.75. The van der Waals surface area contributed by atoms with Crippen molar-refractivity contribution >= 4 is 11.7 Å². The Hall–Kier alpha value is -2.83. The van der Waals surface area contributed by atoms with Crippen molar-refractivity contribution in [3.63, 3.8) is 0 Å². The second kappa shape index (κ2) is 8.91. The number of piperazine rings is 1. The number of hydrogen-bond acceptors (Lipinski definition) is 6. The zero-order valence-corrected chi connectivity index (χ0v) is 17.0. The first-order valence-electron chi connectivity index (χ1n) is 9.61. The number of benzene rings is 1. The van der Waals surface area contributed by atoms with Crippen molar-refractivity contribution in [3.8, 4) is 11.5 Å². The lowest BCUT2D eigenvalue weighted by Gasteiger charge is -2.35. The minimum Gasteiger partial charge on any atom is -0.497 e. The number of ether oxygens (including phenoxy) is 2. The van der Waals surface area contributed by atoms with Crippen molar-refractivity contribution in [1.82, 2.24) is 14.9 Å². The van der Waals surface area contributed by atoms with Gasteiger partial charge in [0.25, 0.3) is 5.91 Å². The third kappa shape index (κ3) is 4.91. The summed E-state index contributed by atoms with van der Waals surface area (Å²) in [5.74, 6) is 3.51. The quantitative estimate of drug-likeness (QED) is 0.763. The predicted octanol–water partition coefficient (Wildman–Crippen LogP) is 2.64. The number of methoxy groups -OCH3 is 1. The average molecular weight is 384 g/mol. The molecule has 7 nitrogen and oxygen atoms in total. The molecule has 1 fully saturated rings. The molecule has 2 heterocycles. The van der Waals surface area contributed by atoms with Gasteiger partial charge in [-0.2, -0.15) is 0 Å². The molecule has 3 rings (SSSR count). The SMILES string of the molecule is COc1ccc(OCC(=O)N2CCN(c3cc(C)nc(C(C)C)n3)CC2)cc1. The highest BCUT2D eigenvalue weighted by Crippen LogP contribution is 2.19. The summed E-state index contributed by atoms with van der Waals surface area (Å²) in [6.07, 6.45) is 0. The Morgan fingerprint density at radius 3 is 2.32 bits per heavy atom. The molecule has 1 saturated heterocycles. The number of aryl methyl sites for hydroxylation is 1. The molecule has 0 radical (unpaired) electrons. The molecule has 1 aromatic carbocycles. The predicted molar refractivity (Wildman–Crippen MR) is 108 cm³/mol. The summed E-state index contributed by atoms with van der Waals surface area (Å²) in [6, 6.07) is 9.24. The summed E-state index contributed by atoms with van der Waals surface area (Å²) in [4.78, 5) is 25.7. The molecule has 0 atom stereocenters. The molecule has 150 valence electrons. The van der Waals surface area contributed by atoms with Crippen LogP contribution in [-0.2, 0) is 4.79 Å². The van der Waals surface area contributed by atoms with Gasteiger partial charge >= 0.3 is 0 Å². The maximum Gasteiger partial charge on any atom is 0.260 e. The second-order valence-corrected chi connectivity index (χ2v) is 7.21. The van der Waals surface area contributed by atoms with Gasteiger partial charge in [0, 0.05) is 43.9 Å². The minimum absolute atomic E-state index is 0.00259. The molecule has 0 aliphatic carbocycles. The van der Waals surface area contributed by atoms with Crippen LogP contribution in [0.4, 0.5) is 5.82 Å². The van der Waals surface area contributed by atoms with Crippen LogP contribution in [0.25, 0.3) is 0 Å². The van der Waals surface area contributed by atoms with E-state index in [9.17, 15) is 4.79 Å². The lowest BCUT2D eigenvalue weighted by molar-refractivity contribution is -0.133. The summed E-state index contributed by atoms with van der Waals surface area (Å²) < 4.78 is 10.7. The summed E-state index contributed by atoms with van der Waals surface area (Å²) in [7, 11) is 1.62. The van der Waals surface area contributed by atoms with Crippen LogP contribution in [0.1, 0.15) is 31.3 Å². The molecule has 28 heavy (non-hydrogen) atoms. The van der Waals surface area contributed by atoms with Gasteiger partial charge in [0.2, 0.25) is 0 Å². The van der Waals surface area contributed by atoms with Gasteiger partial charge in [-0.3, -0.25) is 4.79 Å². The van der Waals surface area contributed by atoms with Crippen molar-refractivity contribution in [1.29, 1.82) is 0 Å². The Morgan fingerprint density at radius 2 is 1.71 bits per heavy atom. The fraction of sp³-hybridized carbons (Fsp3) is 0.476. The van der Waals surface area contributed by atoms with Crippen LogP contribution < -0.4 is 14.4 Å². The van der Waals surface area contributed by atoms with E-state index in [1.165, 1.54) is 0 Å². The van der Waals surface area contributed by atoms with Gasteiger partial charge in [-0.1, -0.05) is 13.8 Å². The Morgan fingerprint density at radius 1 is 1.07 bits per heavy atom. The topological polar surface area (TPSA) is 67.8 Å². The van der Waals surface area contributed by atoms with Gasteiger partial charge in [0.1, 0.15) is 23.1 Å². The number of rotatable bonds is 6. The van der Waals surface area contributed by atoms with Gasteiger partial charge in [0.15, 0.2) is 6.61 Å². The number of nitrogens with zero attached hydrogens (tertiary/aromatic N) is 4. The summed E-state index contributed by atoms with van der Waals surface area (Å²) in [6.45, 7) is 9.04. The van der Waals surface area contributed by atoms with E-state index in [0.29, 0.717) is 18.8 Å². The normalized spacial score (nSPS) is 14.3. The van der Waals surface area contributed by atoms with Crippen LogP contribution >= 0.6 is 0 Å². The molecule has 0 saturated carbocycles. The molecule has 0 bridgehead atoms. The number of aromatic nitrogens is 2. The number of carbonyl (C=O) groups is 1. The van der Waals surface area contributed by atoms with E-state index in [-0.39, 0.29) is 18.4 Å². The van der Waals surface area contributed by atoms with Gasteiger partial charge < -0.3 is 19.3 Å². The van der Waals surface area contributed by atoms with Crippen molar-refractivity contribution < 1.29 is 14.3 Å². The number of hydrogen-bond donors (Lipinski definition) is 0. The first-order valence-corrected chi connectivity index (χ1v) is 9.61. The molecule has 0 N–H and O–H groups in total. The highest BCUT2D eigenvalue weighted by Gasteiger charge is 2.23. The monoisotopic (exact) mass is 384 g/mol. The zero-order chi connectivity index (χ0) is 20.1. The van der Waals surface area contributed by atoms with E-state index >= 15 is 0 Å². The lowest BCUT2D eigenvalue weighted by atomic mass is 10.2. The van der Waals surface area contributed by atoms with Gasteiger partial charge in [0.05, 0.1) is 7.11 Å². The number of amides is 1. The summed E-state index contributed by atoms with van der Waals surface area (Å²) >= 11 is 0. The van der Waals surface area contributed by atoms with Crippen LogP contribution in [0.2, 0.25) is 0 Å². The van der Waals surface area contributed by atoms with Gasteiger partial charge in [-0.05, 0) is 31.2 Å². The van der Waals surface area contributed by atoms with Crippen molar-refractivity contribution in [2.45, 2.75) is 26.7 Å². The van der Waals surface area contributed by atoms with Crippen LogP contribution in [-0.4, -0.2) is 60.7 Å². The molecule has 0 unspecified atom stereocenters. The standard InChI is InChI=1S/C21H28N4O3/c1-15(2)21-22-16(3)13-19(23-21)24-9-11-25(12-10-24)20(26)14-28-18-7-5-17(27-4)6-8-18/h5-8,13,15H,9-12,14H2,1-4H3. The fourth-order valence-corrected chi connectivity index (χ4v) is 3.09. The molecular weight excluding hydrogens is 356 g/mol. The Labute approximate surface area is 166 Å². The molecule has 0 spiro atoms. The van der Waals surface area contributed by atoms with E-state index < -0.39 is 0 Å². The van der Waals surface area contributed by atoms with Crippen LogP contribution in [0.15, 0.2) is 30.3 Å². The van der Waals surface area contributed by atoms with E-state index in [2.05, 4.69) is 23.7 Å². The maximum absolute atomic E-state index is 12.5. The van der Waals surface area contributed by atoms with Crippen molar-refractivity contribution in [2.24, 2.45) is 0 Å². The van der Waals surface area contributed by atoms with Crippen LogP contribution in [0, 0.1) is 6.92 Å². The van der Waals surface area contributed by atoms with E-state index in [1.807, 2.05) is 30.0 Å². The highest BCUT2D eigenvalue weighted by atomic mass is 16.5. The largest absolute Gasteiger partial charge is 0.497 e.